The van der Waals surface area contributed by atoms with Crippen LogP contribution in [0.5, 0.6) is 0 Å². The number of rotatable bonds is 6. The molecule has 0 bridgehead atoms. The summed E-state index contributed by atoms with van der Waals surface area (Å²) in [5.41, 5.74) is -0.345. The SMILES string of the molecule is CN=C(NCC1(C(=O)N(C)C)CCCC1)NC1CCN(CC(F)F)CC1. The van der Waals surface area contributed by atoms with Gasteiger partial charge in [0.25, 0.3) is 6.43 Å². The van der Waals surface area contributed by atoms with Crippen LogP contribution in [0.1, 0.15) is 38.5 Å². The van der Waals surface area contributed by atoms with Crippen LogP contribution < -0.4 is 10.6 Å². The summed E-state index contributed by atoms with van der Waals surface area (Å²) < 4.78 is 24.9. The van der Waals surface area contributed by atoms with Gasteiger partial charge in [-0.15, -0.1) is 0 Å². The van der Waals surface area contributed by atoms with E-state index in [0.29, 0.717) is 25.6 Å². The number of alkyl halides is 2. The molecule has 150 valence electrons. The van der Waals surface area contributed by atoms with Crippen molar-refractivity contribution in [3.05, 3.63) is 0 Å². The van der Waals surface area contributed by atoms with E-state index in [2.05, 4.69) is 15.6 Å². The maximum Gasteiger partial charge on any atom is 0.251 e. The van der Waals surface area contributed by atoms with Crippen LogP contribution in [0.3, 0.4) is 0 Å². The summed E-state index contributed by atoms with van der Waals surface area (Å²) in [6, 6.07) is 0.221. The Balaban J connectivity index is 1.83. The first-order valence-electron chi connectivity index (χ1n) is 9.56. The van der Waals surface area contributed by atoms with E-state index in [1.54, 1.807) is 11.9 Å². The fraction of sp³-hybridized carbons (Fsp3) is 0.889. The summed E-state index contributed by atoms with van der Waals surface area (Å²) >= 11 is 0. The smallest absolute Gasteiger partial charge is 0.251 e. The Morgan fingerprint density at radius 2 is 1.88 bits per heavy atom. The van der Waals surface area contributed by atoms with Crippen molar-refractivity contribution in [2.45, 2.75) is 51.0 Å². The molecular weight excluding hydrogens is 340 g/mol. The third kappa shape index (κ3) is 5.53. The highest BCUT2D eigenvalue weighted by Gasteiger charge is 2.42. The fourth-order valence-electron chi connectivity index (χ4n) is 4.09. The van der Waals surface area contributed by atoms with Crippen molar-refractivity contribution in [3.63, 3.8) is 0 Å². The van der Waals surface area contributed by atoms with Gasteiger partial charge in [0.05, 0.1) is 12.0 Å². The number of piperidine rings is 1. The molecule has 2 N–H and O–H groups in total. The zero-order valence-corrected chi connectivity index (χ0v) is 16.2. The molecule has 6 nitrogen and oxygen atoms in total. The molecule has 26 heavy (non-hydrogen) atoms. The van der Waals surface area contributed by atoms with Crippen LogP contribution in [0.4, 0.5) is 8.78 Å². The summed E-state index contributed by atoms with van der Waals surface area (Å²) in [5.74, 6) is 0.869. The van der Waals surface area contributed by atoms with Crippen molar-refractivity contribution in [1.82, 2.24) is 20.4 Å². The molecule has 1 aliphatic heterocycles. The Kier molecular flexibility index (Phi) is 7.61. The normalized spacial score (nSPS) is 21.8. The largest absolute Gasteiger partial charge is 0.355 e. The van der Waals surface area contributed by atoms with Gasteiger partial charge in [-0.25, -0.2) is 8.78 Å². The van der Waals surface area contributed by atoms with E-state index < -0.39 is 6.43 Å². The number of nitrogens with one attached hydrogen (secondary N) is 2. The van der Waals surface area contributed by atoms with Crippen molar-refractivity contribution >= 4 is 11.9 Å². The Morgan fingerprint density at radius 1 is 1.27 bits per heavy atom. The second kappa shape index (κ2) is 9.48. The van der Waals surface area contributed by atoms with Gasteiger partial charge in [0.2, 0.25) is 5.91 Å². The summed E-state index contributed by atoms with van der Waals surface area (Å²) in [6.45, 7) is 1.77. The highest BCUT2D eigenvalue weighted by atomic mass is 19.3. The molecule has 0 spiro atoms. The number of nitrogens with zero attached hydrogens (tertiary/aromatic N) is 3. The van der Waals surface area contributed by atoms with E-state index in [9.17, 15) is 13.6 Å². The van der Waals surface area contributed by atoms with Crippen molar-refractivity contribution in [3.8, 4) is 0 Å². The molecule has 8 heteroatoms. The maximum atomic E-state index is 12.6. The Labute approximate surface area is 155 Å². The Bertz CT molecular complexity index is 484. The lowest BCUT2D eigenvalue weighted by atomic mass is 9.84. The Hall–Kier alpha value is -1.44. The van der Waals surface area contributed by atoms with Gasteiger partial charge in [0.1, 0.15) is 0 Å². The minimum Gasteiger partial charge on any atom is -0.355 e. The van der Waals surface area contributed by atoms with Crippen LogP contribution in [0.2, 0.25) is 0 Å². The van der Waals surface area contributed by atoms with Crippen LogP contribution in [-0.2, 0) is 4.79 Å². The fourth-order valence-corrected chi connectivity index (χ4v) is 4.09. The second-order valence-corrected chi connectivity index (χ2v) is 7.72. The Morgan fingerprint density at radius 3 is 2.38 bits per heavy atom. The van der Waals surface area contributed by atoms with Crippen molar-refractivity contribution in [1.29, 1.82) is 0 Å². The minimum atomic E-state index is -2.27. The average Bonchev–Trinajstić information content (AvgIpc) is 3.09. The second-order valence-electron chi connectivity index (χ2n) is 7.72. The van der Waals surface area contributed by atoms with Crippen LogP contribution in [0, 0.1) is 5.41 Å². The van der Waals surface area contributed by atoms with E-state index in [-0.39, 0.29) is 23.9 Å². The molecule has 1 heterocycles. The molecule has 1 amide bonds. The first-order chi connectivity index (χ1) is 12.4. The van der Waals surface area contributed by atoms with Crippen LogP contribution >= 0.6 is 0 Å². The number of carbonyl (C=O) groups is 1. The van der Waals surface area contributed by atoms with Crippen LogP contribution in [-0.4, -0.2) is 81.5 Å². The lowest BCUT2D eigenvalue weighted by molar-refractivity contribution is -0.138. The monoisotopic (exact) mass is 373 g/mol. The van der Waals surface area contributed by atoms with Gasteiger partial charge in [0.15, 0.2) is 5.96 Å². The lowest BCUT2D eigenvalue weighted by Crippen LogP contribution is -2.52. The van der Waals surface area contributed by atoms with Crippen LogP contribution in [0.15, 0.2) is 4.99 Å². The zero-order valence-electron chi connectivity index (χ0n) is 16.2. The quantitative estimate of drug-likeness (QED) is 0.548. The standard InChI is InChI=1S/C18H33F2N5O/c1-21-17(23-14-6-10-25(11-7-14)12-15(19)20)22-13-18(8-4-5-9-18)16(26)24(2)3/h14-15H,4-13H2,1-3H3,(H2,21,22,23). The van der Waals surface area contributed by atoms with Crippen molar-refractivity contribution < 1.29 is 13.6 Å². The van der Waals surface area contributed by atoms with Gasteiger partial charge in [-0.3, -0.25) is 14.7 Å². The van der Waals surface area contributed by atoms with E-state index in [1.807, 2.05) is 19.0 Å². The predicted molar refractivity (Wildman–Crippen MR) is 99.6 cm³/mol. The van der Waals surface area contributed by atoms with Gasteiger partial charge >= 0.3 is 0 Å². The van der Waals surface area contributed by atoms with Gasteiger partial charge in [-0.2, -0.15) is 0 Å². The predicted octanol–water partition coefficient (Wildman–Crippen LogP) is 1.53. The van der Waals surface area contributed by atoms with Crippen LogP contribution in [0.25, 0.3) is 0 Å². The number of halogens is 2. The third-order valence-electron chi connectivity index (χ3n) is 5.56. The van der Waals surface area contributed by atoms with E-state index in [4.69, 9.17) is 0 Å². The number of carbonyl (C=O) groups excluding carboxylic acids is 1. The van der Waals surface area contributed by atoms with E-state index in [0.717, 1.165) is 38.5 Å². The summed E-state index contributed by atoms with van der Waals surface area (Å²) in [7, 11) is 5.33. The highest BCUT2D eigenvalue weighted by molar-refractivity contribution is 5.85. The molecule has 1 saturated carbocycles. The molecule has 0 atom stereocenters. The summed E-state index contributed by atoms with van der Waals surface area (Å²) in [6.07, 6.45) is 3.32. The topological polar surface area (TPSA) is 60.0 Å². The molecule has 0 aromatic heterocycles. The highest BCUT2D eigenvalue weighted by Crippen LogP contribution is 2.38. The van der Waals surface area contributed by atoms with Gasteiger partial charge < -0.3 is 15.5 Å². The number of amides is 1. The molecule has 1 aliphatic carbocycles. The first kappa shape index (κ1) is 20.9. The number of likely N-dealkylation sites (tertiary alicyclic amines) is 1. The minimum absolute atomic E-state index is 0.144. The number of guanidine groups is 1. The molecule has 0 radical (unpaired) electrons. The summed E-state index contributed by atoms with van der Waals surface area (Å²) in [5, 5.41) is 6.73. The third-order valence-corrected chi connectivity index (χ3v) is 5.56. The first-order valence-corrected chi connectivity index (χ1v) is 9.56. The maximum absolute atomic E-state index is 12.6. The zero-order chi connectivity index (χ0) is 19.2. The summed E-state index contributed by atoms with van der Waals surface area (Å²) in [4.78, 5) is 20.4. The molecule has 0 aromatic rings. The molecule has 2 rings (SSSR count). The number of hydrogen-bond donors (Lipinski definition) is 2. The average molecular weight is 373 g/mol. The lowest BCUT2D eigenvalue weighted by Gasteiger charge is -2.34. The molecule has 0 unspecified atom stereocenters. The van der Waals surface area contributed by atoms with Gasteiger partial charge in [-0.1, -0.05) is 12.8 Å². The molecule has 1 saturated heterocycles. The van der Waals surface area contributed by atoms with Crippen molar-refractivity contribution in [2.75, 3.05) is 47.3 Å². The van der Waals surface area contributed by atoms with Crippen molar-refractivity contribution in [2.24, 2.45) is 10.4 Å². The number of hydrogen-bond acceptors (Lipinski definition) is 3. The molecule has 0 aromatic carbocycles. The van der Waals surface area contributed by atoms with Gasteiger partial charge in [0, 0.05) is 46.8 Å². The van der Waals surface area contributed by atoms with E-state index >= 15 is 0 Å². The van der Waals surface area contributed by atoms with Gasteiger partial charge in [-0.05, 0) is 25.7 Å². The molecule has 2 aliphatic rings. The number of aliphatic imine (C=N–C) groups is 1. The van der Waals surface area contributed by atoms with E-state index in [1.165, 1.54) is 0 Å². The molecular formula is C18H33F2N5O. The molecule has 2 fully saturated rings.